The Kier molecular flexibility index (Phi) is 3.60. The van der Waals surface area contributed by atoms with Crippen molar-refractivity contribution in [3.8, 4) is 0 Å². The lowest BCUT2D eigenvalue weighted by Crippen LogP contribution is -2.15. The number of benzene rings is 1. The van der Waals surface area contributed by atoms with Crippen molar-refractivity contribution in [2.24, 2.45) is 0 Å². The molecule has 0 amide bonds. The Balaban J connectivity index is 3.14. The van der Waals surface area contributed by atoms with Crippen LogP contribution in [-0.2, 0) is 9.53 Å². The summed E-state index contributed by atoms with van der Waals surface area (Å²) < 4.78 is 30.3. The van der Waals surface area contributed by atoms with Gasteiger partial charge in [0.15, 0.2) is 6.10 Å². The number of hydrogen-bond acceptors (Lipinski definition) is 3. The molecule has 0 saturated carbocycles. The van der Waals surface area contributed by atoms with E-state index in [0.717, 1.165) is 7.11 Å². The Labute approximate surface area is 89.2 Å². The Morgan fingerprint density at radius 2 is 2.07 bits per heavy atom. The number of aliphatic hydroxyl groups is 1. The topological polar surface area (TPSA) is 46.5 Å². The van der Waals surface area contributed by atoms with Crippen LogP contribution in [-0.4, -0.2) is 18.2 Å². The zero-order valence-electron chi connectivity index (χ0n) is 7.63. The number of hydrogen-bond donors (Lipinski definition) is 1. The van der Waals surface area contributed by atoms with Crippen molar-refractivity contribution in [2.45, 2.75) is 6.10 Å². The second-order valence-corrected chi connectivity index (χ2v) is 3.12. The number of ether oxygens (including phenoxy) is 1. The molecule has 0 fully saturated rings. The van der Waals surface area contributed by atoms with E-state index in [4.69, 9.17) is 11.6 Å². The molecule has 0 heterocycles. The zero-order valence-corrected chi connectivity index (χ0v) is 8.39. The molecule has 0 aliphatic carbocycles. The van der Waals surface area contributed by atoms with Crippen LogP contribution in [0.2, 0.25) is 5.02 Å². The molecule has 0 aromatic heterocycles. The Morgan fingerprint density at radius 1 is 1.47 bits per heavy atom. The van der Waals surface area contributed by atoms with Crippen LogP contribution in [0.15, 0.2) is 12.1 Å². The third-order valence-corrected chi connectivity index (χ3v) is 2.05. The number of esters is 1. The molecule has 0 bridgehead atoms. The Bertz CT molecular complexity index is 395. The highest BCUT2D eigenvalue weighted by atomic mass is 35.5. The fourth-order valence-corrected chi connectivity index (χ4v) is 1.14. The van der Waals surface area contributed by atoms with E-state index in [0.29, 0.717) is 12.1 Å². The number of carbonyl (C=O) groups is 1. The molecule has 0 aliphatic heterocycles. The fourth-order valence-electron chi connectivity index (χ4n) is 0.986. The molecule has 0 radical (unpaired) electrons. The maximum absolute atomic E-state index is 13.2. The van der Waals surface area contributed by atoms with E-state index in [1.54, 1.807) is 0 Å². The molecular weight excluding hydrogens is 230 g/mol. The van der Waals surface area contributed by atoms with Crippen LogP contribution in [0.3, 0.4) is 0 Å². The lowest BCUT2D eigenvalue weighted by Gasteiger charge is -2.10. The van der Waals surface area contributed by atoms with Gasteiger partial charge in [0.1, 0.15) is 11.6 Å². The summed E-state index contributed by atoms with van der Waals surface area (Å²) in [4.78, 5) is 10.9. The predicted octanol–water partition coefficient (Wildman–Crippen LogP) is 1.82. The molecule has 0 aliphatic rings. The van der Waals surface area contributed by atoms with Gasteiger partial charge in [-0.25, -0.2) is 13.6 Å². The monoisotopic (exact) mass is 236 g/mol. The minimum Gasteiger partial charge on any atom is -0.467 e. The van der Waals surface area contributed by atoms with E-state index in [1.807, 2.05) is 0 Å². The van der Waals surface area contributed by atoms with Crippen LogP contribution in [0, 0.1) is 11.6 Å². The van der Waals surface area contributed by atoms with Crippen molar-refractivity contribution in [2.75, 3.05) is 7.11 Å². The second-order valence-electron chi connectivity index (χ2n) is 2.71. The van der Waals surface area contributed by atoms with Gasteiger partial charge in [0.2, 0.25) is 0 Å². The number of rotatable bonds is 2. The minimum atomic E-state index is -1.86. The van der Waals surface area contributed by atoms with E-state index < -0.39 is 34.3 Å². The molecular formula is C9H7ClF2O3. The third kappa shape index (κ3) is 2.43. The average molecular weight is 237 g/mol. The number of carbonyl (C=O) groups excluding carboxylic acids is 1. The molecule has 3 nitrogen and oxygen atoms in total. The number of methoxy groups -OCH3 is 1. The third-order valence-electron chi connectivity index (χ3n) is 1.76. The number of halogens is 3. The average Bonchev–Trinajstić information content (AvgIpc) is 2.21. The van der Waals surface area contributed by atoms with Gasteiger partial charge in [-0.3, -0.25) is 0 Å². The van der Waals surface area contributed by atoms with E-state index >= 15 is 0 Å². The van der Waals surface area contributed by atoms with E-state index in [-0.39, 0.29) is 0 Å². The first-order chi connectivity index (χ1) is 6.97. The molecule has 1 aromatic carbocycles. The van der Waals surface area contributed by atoms with Gasteiger partial charge >= 0.3 is 5.97 Å². The largest absolute Gasteiger partial charge is 0.467 e. The van der Waals surface area contributed by atoms with Gasteiger partial charge in [-0.05, 0) is 12.1 Å². The van der Waals surface area contributed by atoms with Crippen LogP contribution in [0.5, 0.6) is 0 Å². The molecule has 1 rings (SSSR count). The highest BCUT2D eigenvalue weighted by Crippen LogP contribution is 2.24. The second kappa shape index (κ2) is 4.55. The van der Waals surface area contributed by atoms with Gasteiger partial charge in [-0.15, -0.1) is 0 Å². The molecule has 15 heavy (non-hydrogen) atoms. The maximum Gasteiger partial charge on any atom is 0.339 e. The quantitative estimate of drug-likeness (QED) is 0.629. The van der Waals surface area contributed by atoms with Crippen LogP contribution in [0.4, 0.5) is 8.78 Å². The van der Waals surface area contributed by atoms with Crippen LogP contribution < -0.4 is 0 Å². The summed E-state index contributed by atoms with van der Waals surface area (Å²) >= 11 is 5.29. The van der Waals surface area contributed by atoms with Crippen molar-refractivity contribution in [3.63, 3.8) is 0 Å². The predicted molar refractivity (Wildman–Crippen MR) is 48.3 cm³/mol. The normalized spacial score (nSPS) is 12.3. The summed E-state index contributed by atoms with van der Waals surface area (Å²) in [6.07, 6.45) is -1.86. The number of aliphatic hydroxyl groups excluding tert-OH is 1. The first-order valence-electron chi connectivity index (χ1n) is 3.87. The van der Waals surface area contributed by atoms with Gasteiger partial charge in [-0.1, -0.05) is 11.6 Å². The molecule has 0 spiro atoms. The van der Waals surface area contributed by atoms with E-state index in [9.17, 15) is 18.7 Å². The van der Waals surface area contributed by atoms with Crippen LogP contribution >= 0.6 is 11.6 Å². The smallest absolute Gasteiger partial charge is 0.339 e. The summed E-state index contributed by atoms with van der Waals surface area (Å²) in [5.41, 5.74) is -0.510. The van der Waals surface area contributed by atoms with E-state index in [2.05, 4.69) is 4.74 Å². The lowest BCUT2D eigenvalue weighted by atomic mass is 10.1. The fraction of sp³-hybridized carbons (Fsp3) is 0.222. The van der Waals surface area contributed by atoms with Crippen molar-refractivity contribution in [1.82, 2.24) is 0 Å². The van der Waals surface area contributed by atoms with Crippen molar-refractivity contribution >= 4 is 17.6 Å². The van der Waals surface area contributed by atoms with Crippen molar-refractivity contribution in [3.05, 3.63) is 34.4 Å². The minimum absolute atomic E-state index is 0.423. The van der Waals surface area contributed by atoms with Gasteiger partial charge in [-0.2, -0.15) is 0 Å². The van der Waals surface area contributed by atoms with Crippen molar-refractivity contribution < 1.29 is 23.4 Å². The van der Waals surface area contributed by atoms with Gasteiger partial charge in [0, 0.05) is 5.56 Å². The first kappa shape index (κ1) is 11.9. The standard InChI is InChI=1S/C9H7ClF2O3/c1-15-9(14)8(13)4-2-7(12)5(10)3-6(4)11/h2-3,8,13H,1H3. The lowest BCUT2D eigenvalue weighted by molar-refractivity contribution is -0.150. The molecule has 1 atom stereocenters. The zero-order chi connectivity index (χ0) is 11.6. The summed E-state index contributed by atoms with van der Waals surface area (Å²) in [7, 11) is 1.02. The molecule has 0 saturated heterocycles. The molecule has 1 aromatic rings. The SMILES string of the molecule is COC(=O)C(O)c1cc(F)c(Cl)cc1F. The Morgan fingerprint density at radius 3 is 2.60 bits per heavy atom. The molecule has 6 heteroatoms. The summed E-state index contributed by atoms with van der Waals surface area (Å²) in [6, 6.07) is 1.33. The summed E-state index contributed by atoms with van der Waals surface area (Å²) in [5.74, 6) is -2.97. The van der Waals surface area contributed by atoms with Gasteiger partial charge in [0.05, 0.1) is 12.1 Å². The molecule has 82 valence electrons. The highest BCUT2D eigenvalue weighted by Gasteiger charge is 2.23. The summed E-state index contributed by atoms with van der Waals surface area (Å²) in [6.45, 7) is 0. The molecule has 1 N–H and O–H groups in total. The van der Waals surface area contributed by atoms with Crippen molar-refractivity contribution in [1.29, 1.82) is 0 Å². The van der Waals surface area contributed by atoms with Gasteiger partial charge in [0.25, 0.3) is 0 Å². The molecule has 1 unspecified atom stereocenters. The van der Waals surface area contributed by atoms with Crippen LogP contribution in [0.1, 0.15) is 11.7 Å². The van der Waals surface area contributed by atoms with Crippen LogP contribution in [0.25, 0.3) is 0 Å². The highest BCUT2D eigenvalue weighted by molar-refractivity contribution is 6.30. The first-order valence-corrected chi connectivity index (χ1v) is 4.25. The Hall–Kier alpha value is -1.20. The van der Waals surface area contributed by atoms with E-state index in [1.165, 1.54) is 0 Å². The van der Waals surface area contributed by atoms with Gasteiger partial charge < -0.3 is 9.84 Å². The maximum atomic E-state index is 13.2. The summed E-state index contributed by atoms with van der Waals surface area (Å²) in [5, 5.41) is 8.84.